The van der Waals surface area contributed by atoms with Gasteiger partial charge in [0.25, 0.3) is 0 Å². The summed E-state index contributed by atoms with van der Waals surface area (Å²) in [5.74, 6) is -8.25. The summed E-state index contributed by atoms with van der Waals surface area (Å²) in [6, 6.07) is 0. The average molecular weight is 265 g/mol. The first-order chi connectivity index (χ1) is 6.68. The van der Waals surface area contributed by atoms with Crippen molar-refractivity contribution >= 4 is 25.5 Å². The molecule has 1 rings (SSSR count). The van der Waals surface area contributed by atoms with Crippen LogP contribution < -0.4 is 5.19 Å². The molecular formula is C7H3ClF6Si. The van der Waals surface area contributed by atoms with Crippen molar-refractivity contribution in [3.8, 4) is 0 Å². The predicted octanol–water partition coefficient (Wildman–Crippen LogP) is 3.11. The maximum Gasteiger partial charge on any atom is 0.458 e. The Labute approximate surface area is 86.8 Å². The van der Waals surface area contributed by atoms with Crippen molar-refractivity contribution in [3.05, 3.63) is 28.3 Å². The monoisotopic (exact) mass is 264 g/mol. The van der Waals surface area contributed by atoms with Gasteiger partial charge in [0.05, 0.1) is 5.19 Å². The maximum atomic E-state index is 12.9. The van der Waals surface area contributed by atoms with Crippen LogP contribution in [0.1, 0.15) is 0 Å². The highest BCUT2D eigenvalue weighted by molar-refractivity contribution is 6.78. The van der Waals surface area contributed by atoms with Gasteiger partial charge in [0.1, 0.15) is 5.02 Å². The van der Waals surface area contributed by atoms with Gasteiger partial charge in [-0.15, -0.1) is 0 Å². The Hall–Kier alpha value is -0.693. The molecule has 0 saturated heterocycles. The van der Waals surface area contributed by atoms with E-state index in [9.17, 15) is 25.8 Å². The maximum absolute atomic E-state index is 12.9. The molecule has 0 saturated carbocycles. The molecule has 1 aromatic rings. The Balaban J connectivity index is 3.68. The number of halogens is 7. The van der Waals surface area contributed by atoms with Crippen LogP contribution in [0.5, 0.6) is 0 Å². The minimum absolute atomic E-state index is 0.251. The summed E-state index contributed by atoms with van der Waals surface area (Å²) in [6.45, 7) is 0.251. The summed E-state index contributed by atoms with van der Waals surface area (Å²) in [5, 5.41) is -3.30. The molecule has 0 aliphatic heterocycles. The standard InChI is InChI=1S/C7H3ClF6Si/c1-15(13,14)7-5(11)3(9)2(8)4(10)6(7)12/h1H3. The zero-order chi connectivity index (χ0) is 12.0. The van der Waals surface area contributed by atoms with Crippen molar-refractivity contribution in [2.75, 3.05) is 0 Å². The van der Waals surface area contributed by atoms with Gasteiger partial charge >= 0.3 is 8.74 Å². The third-order valence-corrected chi connectivity index (χ3v) is 3.30. The zero-order valence-corrected chi connectivity index (χ0v) is 8.90. The second kappa shape index (κ2) is 3.71. The van der Waals surface area contributed by atoms with Crippen LogP contribution in [0.25, 0.3) is 0 Å². The van der Waals surface area contributed by atoms with Crippen LogP contribution in [0, 0.1) is 23.3 Å². The average Bonchev–Trinajstić information content (AvgIpc) is 2.09. The molecular weight excluding hydrogens is 262 g/mol. The van der Waals surface area contributed by atoms with Gasteiger partial charge in [-0.25, -0.2) is 17.6 Å². The zero-order valence-electron chi connectivity index (χ0n) is 7.15. The fourth-order valence-corrected chi connectivity index (χ4v) is 2.15. The van der Waals surface area contributed by atoms with Gasteiger partial charge in [0, 0.05) is 0 Å². The molecule has 1 aromatic carbocycles. The van der Waals surface area contributed by atoms with Crippen LogP contribution in [0.15, 0.2) is 0 Å². The summed E-state index contributed by atoms with van der Waals surface area (Å²) in [7, 11) is -5.50. The van der Waals surface area contributed by atoms with Crippen molar-refractivity contribution in [3.63, 3.8) is 0 Å². The van der Waals surface area contributed by atoms with Gasteiger partial charge < -0.3 is 0 Å². The van der Waals surface area contributed by atoms with Crippen molar-refractivity contribution in [1.29, 1.82) is 0 Å². The van der Waals surface area contributed by atoms with Crippen LogP contribution in [0.4, 0.5) is 25.8 Å². The van der Waals surface area contributed by atoms with Gasteiger partial charge in [0.15, 0.2) is 23.3 Å². The van der Waals surface area contributed by atoms with E-state index in [1.165, 1.54) is 0 Å². The summed E-state index contributed by atoms with van der Waals surface area (Å²) in [6.07, 6.45) is 0. The minimum atomic E-state index is -5.50. The molecule has 0 radical (unpaired) electrons. The fourth-order valence-electron chi connectivity index (χ4n) is 0.990. The van der Waals surface area contributed by atoms with Gasteiger partial charge in [-0.3, -0.25) is 8.22 Å². The van der Waals surface area contributed by atoms with E-state index < -0.39 is 42.2 Å². The Bertz CT molecular complexity index is 384. The largest absolute Gasteiger partial charge is 0.458 e. The fraction of sp³-hybridized carbons (Fsp3) is 0.143. The van der Waals surface area contributed by atoms with Crippen molar-refractivity contribution < 1.29 is 25.8 Å². The molecule has 0 fully saturated rings. The molecule has 0 unspecified atom stereocenters. The van der Waals surface area contributed by atoms with Crippen molar-refractivity contribution in [1.82, 2.24) is 0 Å². The lowest BCUT2D eigenvalue weighted by Gasteiger charge is -2.11. The summed E-state index contributed by atoms with van der Waals surface area (Å²) >= 11 is 4.85. The molecule has 15 heavy (non-hydrogen) atoms. The first-order valence-electron chi connectivity index (χ1n) is 3.57. The third-order valence-electron chi connectivity index (χ3n) is 1.65. The van der Waals surface area contributed by atoms with E-state index in [-0.39, 0.29) is 6.55 Å². The Morgan fingerprint density at radius 2 is 1.20 bits per heavy atom. The Morgan fingerprint density at radius 3 is 1.47 bits per heavy atom. The highest BCUT2D eigenvalue weighted by Crippen LogP contribution is 2.25. The van der Waals surface area contributed by atoms with E-state index in [1.807, 2.05) is 0 Å². The highest BCUT2D eigenvalue weighted by Gasteiger charge is 2.41. The molecule has 0 N–H and O–H groups in total. The SMILES string of the molecule is C[Si](F)(F)c1c(F)c(F)c(Cl)c(F)c1F. The van der Waals surface area contributed by atoms with E-state index in [0.717, 1.165) is 0 Å². The number of hydrogen-bond acceptors (Lipinski definition) is 0. The van der Waals surface area contributed by atoms with Crippen LogP contribution in [0.2, 0.25) is 11.6 Å². The molecule has 0 bridgehead atoms. The highest BCUT2D eigenvalue weighted by atomic mass is 35.5. The van der Waals surface area contributed by atoms with Crippen LogP contribution >= 0.6 is 11.6 Å². The van der Waals surface area contributed by atoms with Crippen LogP contribution in [0.3, 0.4) is 0 Å². The molecule has 84 valence electrons. The van der Waals surface area contributed by atoms with Crippen LogP contribution in [-0.4, -0.2) is 8.74 Å². The molecule has 0 atom stereocenters. The molecule has 0 spiro atoms. The topological polar surface area (TPSA) is 0 Å². The summed E-state index contributed by atoms with van der Waals surface area (Å²) in [4.78, 5) is 0. The quantitative estimate of drug-likeness (QED) is 0.240. The molecule has 0 nitrogen and oxygen atoms in total. The Morgan fingerprint density at radius 1 is 0.867 bits per heavy atom. The van der Waals surface area contributed by atoms with Crippen LogP contribution in [-0.2, 0) is 0 Å². The molecule has 0 heterocycles. The van der Waals surface area contributed by atoms with Gasteiger partial charge in [-0.2, -0.15) is 0 Å². The minimum Gasteiger partial charge on any atom is -0.265 e. The summed E-state index contributed by atoms with van der Waals surface area (Å²) < 4.78 is 76.8. The lowest BCUT2D eigenvalue weighted by atomic mass is 10.3. The molecule has 0 amide bonds. The lowest BCUT2D eigenvalue weighted by molar-refractivity contribution is 0.457. The van der Waals surface area contributed by atoms with Crippen molar-refractivity contribution in [2.45, 2.75) is 6.55 Å². The second-order valence-corrected chi connectivity index (χ2v) is 5.49. The normalized spacial score (nSPS) is 12.0. The number of benzene rings is 1. The van der Waals surface area contributed by atoms with E-state index >= 15 is 0 Å². The number of rotatable bonds is 1. The lowest BCUT2D eigenvalue weighted by Crippen LogP contribution is -2.42. The Kier molecular flexibility index (Phi) is 3.06. The number of hydrogen-bond donors (Lipinski definition) is 0. The second-order valence-electron chi connectivity index (χ2n) is 2.83. The van der Waals surface area contributed by atoms with E-state index in [4.69, 9.17) is 11.6 Å². The van der Waals surface area contributed by atoms with E-state index in [2.05, 4.69) is 0 Å². The molecule has 0 aliphatic carbocycles. The smallest absolute Gasteiger partial charge is 0.265 e. The summed E-state index contributed by atoms with van der Waals surface area (Å²) in [5.41, 5.74) is 0. The first-order valence-corrected chi connectivity index (χ1v) is 6.21. The molecule has 0 aliphatic rings. The van der Waals surface area contributed by atoms with Gasteiger partial charge in [-0.05, 0) is 6.55 Å². The predicted molar refractivity (Wildman–Crippen MR) is 44.8 cm³/mol. The van der Waals surface area contributed by atoms with E-state index in [0.29, 0.717) is 0 Å². The van der Waals surface area contributed by atoms with Gasteiger partial charge in [0.2, 0.25) is 0 Å². The molecule has 8 heteroatoms. The van der Waals surface area contributed by atoms with E-state index in [1.54, 1.807) is 0 Å². The third kappa shape index (κ3) is 1.98. The van der Waals surface area contributed by atoms with Gasteiger partial charge in [-0.1, -0.05) is 11.6 Å². The molecule has 0 aromatic heterocycles. The first kappa shape index (κ1) is 12.4. The van der Waals surface area contributed by atoms with Crippen molar-refractivity contribution in [2.24, 2.45) is 0 Å².